The number of aromatic nitrogens is 1. The van der Waals surface area contributed by atoms with Crippen molar-refractivity contribution in [1.82, 2.24) is 9.47 Å². The highest BCUT2D eigenvalue weighted by Gasteiger charge is 2.16. The van der Waals surface area contributed by atoms with Gasteiger partial charge in [-0.25, -0.2) is 0 Å². The molecule has 0 spiro atoms. The quantitative estimate of drug-likeness (QED) is 0.863. The van der Waals surface area contributed by atoms with Gasteiger partial charge in [-0.1, -0.05) is 0 Å². The number of anilines is 1. The highest BCUT2D eigenvalue weighted by atomic mass is 16.5. The Morgan fingerprint density at radius 2 is 2.32 bits per heavy atom. The normalized spacial score (nSPS) is 20.4. The van der Waals surface area contributed by atoms with E-state index in [1.807, 2.05) is 12.3 Å². The van der Waals surface area contributed by atoms with Gasteiger partial charge in [0, 0.05) is 38.5 Å². The van der Waals surface area contributed by atoms with E-state index in [0.717, 1.165) is 12.2 Å². The van der Waals surface area contributed by atoms with E-state index in [9.17, 15) is 4.79 Å². The zero-order valence-electron chi connectivity index (χ0n) is 11.8. The Kier molecular flexibility index (Phi) is 4.99. The van der Waals surface area contributed by atoms with Crippen molar-refractivity contribution in [2.24, 2.45) is 0 Å². The second-order valence-electron chi connectivity index (χ2n) is 5.19. The molecule has 0 saturated carbocycles. The molecule has 0 aliphatic carbocycles. The standard InChI is InChI=1S/C14H23N3O2/c1-16-7-3-4-12(10-16)15-13-5-6-14(18)17(11-13)8-9-19-2/h5-6,11-12,15H,3-4,7-10H2,1-2H3. The third kappa shape index (κ3) is 4.08. The molecule has 2 heterocycles. The average Bonchev–Trinajstić information content (AvgIpc) is 2.39. The third-order valence-corrected chi connectivity index (χ3v) is 3.52. The number of piperidine rings is 1. The molecule has 1 aromatic rings. The summed E-state index contributed by atoms with van der Waals surface area (Å²) in [7, 11) is 3.79. The number of methoxy groups -OCH3 is 1. The predicted octanol–water partition coefficient (Wildman–Crippen LogP) is 1.00. The minimum absolute atomic E-state index is 0.0170. The van der Waals surface area contributed by atoms with Crippen molar-refractivity contribution in [3.05, 3.63) is 28.7 Å². The Morgan fingerprint density at radius 3 is 3.05 bits per heavy atom. The van der Waals surface area contributed by atoms with Crippen molar-refractivity contribution < 1.29 is 4.74 Å². The molecule has 1 aliphatic rings. The van der Waals surface area contributed by atoms with E-state index in [-0.39, 0.29) is 5.56 Å². The van der Waals surface area contributed by atoms with Crippen LogP contribution < -0.4 is 10.9 Å². The SMILES string of the molecule is COCCn1cc(NC2CCCN(C)C2)ccc1=O. The van der Waals surface area contributed by atoms with E-state index in [1.165, 1.54) is 19.4 Å². The van der Waals surface area contributed by atoms with Crippen LogP contribution in [0.5, 0.6) is 0 Å². The molecule has 0 radical (unpaired) electrons. The highest BCUT2D eigenvalue weighted by molar-refractivity contribution is 5.41. The van der Waals surface area contributed by atoms with Gasteiger partial charge >= 0.3 is 0 Å². The number of likely N-dealkylation sites (N-methyl/N-ethyl adjacent to an activating group) is 1. The van der Waals surface area contributed by atoms with Gasteiger partial charge in [-0.15, -0.1) is 0 Å². The summed E-state index contributed by atoms with van der Waals surface area (Å²) >= 11 is 0. The van der Waals surface area contributed by atoms with Gasteiger partial charge < -0.3 is 19.5 Å². The first-order valence-electron chi connectivity index (χ1n) is 6.83. The van der Waals surface area contributed by atoms with Gasteiger partial charge in [0.15, 0.2) is 0 Å². The summed E-state index contributed by atoms with van der Waals surface area (Å²) in [6.07, 6.45) is 4.29. The minimum atomic E-state index is 0.0170. The summed E-state index contributed by atoms with van der Waals surface area (Å²) in [4.78, 5) is 14.0. The molecule has 1 aromatic heterocycles. The van der Waals surface area contributed by atoms with Crippen molar-refractivity contribution in [3.63, 3.8) is 0 Å². The monoisotopic (exact) mass is 265 g/mol. The van der Waals surface area contributed by atoms with Gasteiger partial charge in [0.2, 0.25) is 0 Å². The Labute approximate surface area is 114 Å². The number of nitrogens with one attached hydrogen (secondary N) is 1. The largest absolute Gasteiger partial charge is 0.383 e. The molecule has 1 fully saturated rings. The van der Waals surface area contributed by atoms with Gasteiger partial charge in [-0.2, -0.15) is 0 Å². The molecule has 0 aromatic carbocycles. The number of pyridine rings is 1. The van der Waals surface area contributed by atoms with Crippen LogP contribution >= 0.6 is 0 Å². The zero-order valence-corrected chi connectivity index (χ0v) is 11.8. The van der Waals surface area contributed by atoms with E-state index >= 15 is 0 Å². The fourth-order valence-corrected chi connectivity index (χ4v) is 2.50. The van der Waals surface area contributed by atoms with Gasteiger partial charge in [0.05, 0.1) is 12.3 Å². The Morgan fingerprint density at radius 1 is 1.47 bits per heavy atom. The summed E-state index contributed by atoms with van der Waals surface area (Å²) in [5, 5.41) is 3.51. The first-order valence-corrected chi connectivity index (χ1v) is 6.83. The van der Waals surface area contributed by atoms with Crippen molar-refractivity contribution in [2.45, 2.75) is 25.4 Å². The van der Waals surface area contributed by atoms with E-state index in [0.29, 0.717) is 19.2 Å². The molecule has 5 heteroatoms. The van der Waals surface area contributed by atoms with E-state index < -0.39 is 0 Å². The van der Waals surface area contributed by atoms with Crippen molar-refractivity contribution in [1.29, 1.82) is 0 Å². The van der Waals surface area contributed by atoms with Crippen LogP contribution in [-0.4, -0.2) is 49.4 Å². The molecule has 0 bridgehead atoms. The highest BCUT2D eigenvalue weighted by Crippen LogP contribution is 2.14. The van der Waals surface area contributed by atoms with Crippen LogP contribution in [0.2, 0.25) is 0 Å². The van der Waals surface area contributed by atoms with E-state index in [4.69, 9.17) is 4.74 Å². The lowest BCUT2D eigenvalue weighted by Crippen LogP contribution is -2.39. The molecular weight excluding hydrogens is 242 g/mol. The molecular formula is C14H23N3O2. The lowest BCUT2D eigenvalue weighted by atomic mass is 10.1. The summed E-state index contributed by atoms with van der Waals surface area (Å²) in [6.45, 7) is 3.37. The minimum Gasteiger partial charge on any atom is -0.383 e. The molecule has 1 saturated heterocycles. The zero-order chi connectivity index (χ0) is 13.7. The van der Waals surface area contributed by atoms with Gasteiger partial charge in [-0.05, 0) is 32.5 Å². The Balaban J connectivity index is 2.01. The molecule has 1 unspecified atom stereocenters. The predicted molar refractivity (Wildman–Crippen MR) is 76.7 cm³/mol. The summed E-state index contributed by atoms with van der Waals surface area (Å²) in [5.41, 5.74) is 1.03. The number of hydrogen-bond donors (Lipinski definition) is 1. The number of hydrogen-bond acceptors (Lipinski definition) is 4. The maximum absolute atomic E-state index is 11.7. The number of nitrogens with zero attached hydrogens (tertiary/aromatic N) is 2. The first kappa shape index (κ1) is 14.1. The molecule has 2 rings (SSSR count). The van der Waals surface area contributed by atoms with Crippen LogP contribution in [0.4, 0.5) is 5.69 Å². The summed E-state index contributed by atoms with van der Waals surface area (Å²) in [5.74, 6) is 0. The smallest absolute Gasteiger partial charge is 0.250 e. The summed E-state index contributed by atoms with van der Waals surface area (Å²) < 4.78 is 6.71. The van der Waals surface area contributed by atoms with Crippen LogP contribution in [0, 0.1) is 0 Å². The lowest BCUT2D eigenvalue weighted by Gasteiger charge is -2.31. The van der Waals surface area contributed by atoms with Crippen LogP contribution in [0.15, 0.2) is 23.1 Å². The molecule has 19 heavy (non-hydrogen) atoms. The third-order valence-electron chi connectivity index (χ3n) is 3.52. The van der Waals surface area contributed by atoms with E-state index in [1.54, 1.807) is 17.7 Å². The second-order valence-corrected chi connectivity index (χ2v) is 5.19. The van der Waals surface area contributed by atoms with Crippen molar-refractivity contribution in [3.8, 4) is 0 Å². The van der Waals surface area contributed by atoms with Gasteiger partial charge in [-0.3, -0.25) is 4.79 Å². The van der Waals surface area contributed by atoms with E-state index in [2.05, 4.69) is 17.3 Å². The molecule has 1 N–H and O–H groups in total. The van der Waals surface area contributed by atoms with Crippen LogP contribution in [-0.2, 0) is 11.3 Å². The van der Waals surface area contributed by atoms with Crippen molar-refractivity contribution in [2.75, 3.05) is 39.2 Å². The Hall–Kier alpha value is -1.33. The Bertz CT molecular complexity index is 458. The lowest BCUT2D eigenvalue weighted by molar-refractivity contribution is 0.186. The molecule has 1 atom stereocenters. The van der Waals surface area contributed by atoms with Crippen molar-refractivity contribution >= 4 is 5.69 Å². The maximum atomic E-state index is 11.7. The number of rotatable bonds is 5. The maximum Gasteiger partial charge on any atom is 0.250 e. The molecule has 0 amide bonds. The number of likely N-dealkylation sites (tertiary alicyclic amines) is 1. The average molecular weight is 265 g/mol. The molecule has 106 valence electrons. The first-order chi connectivity index (χ1) is 9.19. The van der Waals surface area contributed by atoms with Crippen LogP contribution in [0.1, 0.15) is 12.8 Å². The molecule has 5 nitrogen and oxygen atoms in total. The fourth-order valence-electron chi connectivity index (χ4n) is 2.50. The second kappa shape index (κ2) is 6.73. The van der Waals surface area contributed by atoms with Gasteiger partial charge in [0.25, 0.3) is 5.56 Å². The van der Waals surface area contributed by atoms with Crippen LogP contribution in [0.25, 0.3) is 0 Å². The van der Waals surface area contributed by atoms with Crippen LogP contribution in [0.3, 0.4) is 0 Å². The summed E-state index contributed by atoms with van der Waals surface area (Å²) in [6, 6.07) is 3.94. The number of ether oxygens (including phenoxy) is 1. The topological polar surface area (TPSA) is 46.5 Å². The fraction of sp³-hybridized carbons (Fsp3) is 0.643. The van der Waals surface area contributed by atoms with Gasteiger partial charge in [0.1, 0.15) is 0 Å². The molecule has 1 aliphatic heterocycles.